The molecular weight excluding hydrogens is 476 g/mol. The summed E-state index contributed by atoms with van der Waals surface area (Å²) in [7, 11) is 0. The number of rotatable bonds is 3. The number of nitrogens with one attached hydrogen (secondary N) is 1. The van der Waals surface area contributed by atoms with Crippen molar-refractivity contribution in [3.63, 3.8) is 0 Å². The van der Waals surface area contributed by atoms with Gasteiger partial charge in [-0.05, 0) is 80.5 Å². The number of carbonyl (C=O) groups excluding carboxylic acids is 2. The molecule has 0 atom stereocenters. The van der Waals surface area contributed by atoms with Gasteiger partial charge in [0.05, 0.1) is 5.69 Å². The van der Waals surface area contributed by atoms with E-state index in [9.17, 15) is 9.59 Å². The highest BCUT2D eigenvalue weighted by Crippen LogP contribution is 2.27. The molecule has 31 heavy (non-hydrogen) atoms. The van der Waals surface area contributed by atoms with Gasteiger partial charge in [-0.1, -0.05) is 28.1 Å². The first-order valence-corrected chi connectivity index (χ1v) is 10.8. The van der Waals surface area contributed by atoms with Crippen LogP contribution in [0.4, 0.5) is 5.69 Å². The Hall–Kier alpha value is -3.10. The van der Waals surface area contributed by atoms with Crippen LogP contribution in [-0.4, -0.2) is 26.5 Å². The molecule has 6 nitrogen and oxygen atoms in total. The molecule has 1 aromatic carbocycles. The molecule has 156 valence electrons. The Morgan fingerprint density at radius 2 is 1.87 bits per heavy atom. The van der Waals surface area contributed by atoms with Gasteiger partial charge in [0.15, 0.2) is 5.11 Å². The smallest absolute Gasteiger partial charge is 0.270 e. The van der Waals surface area contributed by atoms with Crippen LogP contribution in [0.1, 0.15) is 22.5 Å². The molecule has 1 N–H and O–H groups in total. The average molecular weight is 495 g/mol. The van der Waals surface area contributed by atoms with E-state index >= 15 is 0 Å². The number of aromatic nitrogens is 2. The lowest BCUT2D eigenvalue weighted by Crippen LogP contribution is -2.54. The van der Waals surface area contributed by atoms with Crippen LogP contribution in [-0.2, 0) is 9.59 Å². The van der Waals surface area contributed by atoms with Crippen molar-refractivity contribution in [2.24, 2.45) is 0 Å². The van der Waals surface area contributed by atoms with Crippen molar-refractivity contribution in [3.8, 4) is 5.82 Å². The van der Waals surface area contributed by atoms with E-state index in [0.29, 0.717) is 5.69 Å². The van der Waals surface area contributed by atoms with Gasteiger partial charge in [0.2, 0.25) is 0 Å². The fraction of sp³-hybridized carbons (Fsp3) is 0.130. The van der Waals surface area contributed by atoms with E-state index in [1.165, 1.54) is 4.90 Å². The summed E-state index contributed by atoms with van der Waals surface area (Å²) in [5.41, 5.74) is 4.25. The van der Waals surface area contributed by atoms with Gasteiger partial charge in [0.25, 0.3) is 11.8 Å². The van der Waals surface area contributed by atoms with Gasteiger partial charge in [-0.3, -0.25) is 19.8 Å². The van der Waals surface area contributed by atoms with Gasteiger partial charge in [-0.25, -0.2) is 4.98 Å². The Labute approximate surface area is 193 Å². The molecule has 2 amide bonds. The highest BCUT2D eigenvalue weighted by molar-refractivity contribution is 9.10. The van der Waals surface area contributed by atoms with Gasteiger partial charge in [0.1, 0.15) is 11.4 Å². The minimum absolute atomic E-state index is 0.0192. The molecule has 0 aliphatic carbocycles. The van der Waals surface area contributed by atoms with E-state index in [-0.39, 0.29) is 10.7 Å². The van der Waals surface area contributed by atoms with Crippen molar-refractivity contribution in [1.82, 2.24) is 14.9 Å². The molecule has 2 aromatic heterocycles. The van der Waals surface area contributed by atoms with Crippen LogP contribution in [0, 0.1) is 20.8 Å². The van der Waals surface area contributed by atoms with E-state index in [1.54, 1.807) is 30.5 Å². The van der Waals surface area contributed by atoms with Crippen LogP contribution in [0.25, 0.3) is 11.9 Å². The third kappa shape index (κ3) is 3.96. The second-order valence-corrected chi connectivity index (χ2v) is 8.60. The van der Waals surface area contributed by atoms with Gasteiger partial charge in [0, 0.05) is 22.1 Å². The van der Waals surface area contributed by atoms with Gasteiger partial charge in [-0.2, -0.15) is 0 Å². The predicted molar refractivity (Wildman–Crippen MR) is 128 cm³/mol. The van der Waals surface area contributed by atoms with Gasteiger partial charge >= 0.3 is 0 Å². The first-order chi connectivity index (χ1) is 14.8. The third-order valence-corrected chi connectivity index (χ3v) is 5.84. The van der Waals surface area contributed by atoms with Crippen LogP contribution < -0.4 is 10.2 Å². The predicted octanol–water partition coefficient (Wildman–Crippen LogP) is 4.39. The molecule has 3 heterocycles. The van der Waals surface area contributed by atoms with Crippen molar-refractivity contribution in [2.75, 3.05) is 4.90 Å². The van der Waals surface area contributed by atoms with Crippen LogP contribution in [0.2, 0.25) is 0 Å². The normalized spacial score (nSPS) is 15.5. The fourth-order valence-electron chi connectivity index (χ4n) is 3.54. The molecular formula is C23H19BrN4O2S. The zero-order valence-electron chi connectivity index (χ0n) is 17.1. The van der Waals surface area contributed by atoms with E-state index in [1.807, 2.05) is 49.6 Å². The highest BCUT2D eigenvalue weighted by atomic mass is 79.9. The van der Waals surface area contributed by atoms with Crippen LogP contribution in [0.3, 0.4) is 0 Å². The van der Waals surface area contributed by atoms with E-state index in [2.05, 4.69) is 26.2 Å². The van der Waals surface area contributed by atoms with Gasteiger partial charge < -0.3 is 4.57 Å². The van der Waals surface area contributed by atoms with Crippen molar-refractivity contribution >= 4 is 56.8 Å². The summed E-state index contributed by atoms with van der Waals surface area (Å²) in [5, 5.41) is 2.68. The second kappa shape index (κ2) is 8.20. The molecule has 0 unspecified atom stereocenters. The molecule has 0 bridgehead atoms. The maximum absolute atomic E-state index is 13.2. The van der Waals surface area contributed by atoms with Crippen molar-refractivity contribution in [1.29, 1.82) is 0 Å². The lowest BCUT2D eigenvalue weighted by Gasteiger charge is -2.29. The minimum atomic E-state index is -0.514. The van der Waals surface area contributed by atoms with Crippen molar-refractivity contribution in [3.05, 3.63) is 81.2 Å². The molecule has 1 aliphatic heterocycles. The van der Waals surface area contributed by atoms with Crippen molar-refractivity contribution in [2.45, 2.75) is 20.8 Å². The zero-order chi connectivity index (χ0) is 22.3. The molecule has 0 spiro atoms. The summed E-state index contributed by atoms with van der Waals surface area (Å²) in [4.78, 5) is 31.7. The second-order valence-electron chi connectivity index (χ2n) is 7.29. The maximum Gasteiger partial charge on any atom is 0.270 e. The lowest BCUT2D eigenvalue weighted by atomic mass is 10.1. The molecule has 0 radical (unpaired) electrons. The average Bonchev–Trinajstić information content (AvgIpc) is 2.99. The minimum Gasteiger partial charge on any atom is -0.303 e. The monoisotopic (exact) mass is 494 g/mol. The first-order valence-electron chi connectivity index (χ1n) is 9.55. The molecule has 3 aromatic rings. The Morgan fingerprint density at radius 1 is 1.10 bits per heavy atom. The topological polar surface area (TPSA) is 67.2 Å². The fourth-order valence-corrected chi connectivity index (χ4v) is 4.21. The summed E-state index contributed by atoms with van der Waals surface area (Å²) < 4.78 is 2.80. The SMILES string of the molecule is Cc1ccc(-n2c(C)cc(C=C3C(=O)NC(=S)N(c4cccc(Br)c4)C3=O)c2C)nc1. The first kappa shape index (κ1) is 21.1. The quantitative estimate of drug-likeness (QED) is 0.333. The van der Waals surface area contributed by atoms with E-state index in [4.69, 9.17) is 12.2 Å². The number of halogens is 1. The summed E-state index contributed by atoms with van der Waals surface area (Å²) in [6.45, 7) is 5.88. The lowest BCUT2D eigenvalue weighted by molar-refractivity contribution is -0.122. The number of carbonyl (C=O) groups is 2. The molecule has 1 fully saturated rings. The highest BCUT2D eigenvalue weighted by Gasteiger charge is 2.34. The molecule has 0 saturated carbocycles. The Bertz CT molecular complexity index is 1260. The maximum atomic E-state index is 13.2. The number of aryl methyl sites for hydroxylation is 2. The summed E-state index contributed by atoms with van der Waals surface area (Å²) in [5.74, 6) is -0.203. The Kier molecular flexibility index (Phi) is 5.60. The molecule has 1 saturated heterocycles. The van der Waals surface area contributed by atoms with Crippen LogP contribution in [0.5, 0.6) is 0 Å². The number of amides is 2. The summed E-state index contributed by atoms with van der Waals surface area (Å²) in [6.07, 6.45) is 3.42. The number of hydrogen-bond acceptors (Lipinski definition) is 4. The number of hydrogen-bond donors (Lipinski definition) is 1. The molecule has 4 rings (SSSR count). The summed E-state index contributed by atoms with van der Waals surface area (Å²) >= 11 is 8.67. The number of pyridine rings is 1. The largest absolute Gasteiger partial charge is 0.303 e. The Morgan fingerprint density at radius 3 is 2.55 bits per heavy atom. The number of anilines is 1. The number of benzene rings is 1. The van der Waals surface area contributed by atoms with E-state index in [0.717, 1.165) is 32.8 Å². The summed E-state index contributed by atoms with van der Waals surface area (Å²) in [6, 6.07) is 13.1. The standard InChI is InChI=1S/C23H19BrN4O2S/c1-13-7-8-20(25-12-13)27-14(2)9-16(15(27)3)10-19-21(29)26-23(31)28(22(19)30)18-6-4-5-17(24)11-18/h4-12H,1-3H3,(H,26,29,31). The van der Waals surface area contributed by atoms with Gasteiger partial charge in [-0.15, -0.1) is 0 Å². The molecule has 8 heteroatoms. The number of nitrogens with zero attached hydrogens (tertiary/aromatic N) is 3. The third-order valence-electron chi connectivity index (χ3n) is 5.06. The molecule has 1 aliphatic rings. The van der Waals surface area contributed by atoms with Crippen molar-refractivity contribution < 1.29 is 9.59 Å². The van der Waals surface area contributed by atoms with E-state index < -0.39 is 11.8 Å². The number of thiocarbonyl (C=S) groups is 1. The Balaban J connectivity index is 1.76. The van der Waals surface area contributed by atoms with Crippen LogP contribution in [0.15, 0.2) is 58.7 Å². The van der Waals surface area contributed by atoms with Crippen LogP contribution >= 0.6 is 28.1 Å². The zero-order valence-corrected chi connectivity index (χ0v) is 19.5.